The zero-order valence-corrected chi connectivity index (χ0v) is 8.01. The average Bonchev–Trinajstić information content (AvgIpc) is 1.95. The highest BCUT2D eigenvalue weighted by atomic mass is 79.9. The van der Waals surface area contributed by atoms with E-state index in [1.54, 1.807) is 0 Å². The molecule has 0 spiro atoms. The Kier molecular flexibility index (Phi) is 4.84. The van der Waals surface area contributed by atoms with E-state index in [1.807, 2.05) is 24.3 Å². The lowest BCUT2D eigenvalue weighted by molar-refractivity contribution is -0.00000219. The third kappa shape index (κ3) is 3.35. The van der Waals surface area contributed by atoms with E-state index in [0.717, 1.165) is 10.0 Å². The molecule has 1 rings (SSSR count). The highest BCUT2D eigenvalue weighted by Crippen LogP contribution is 2.10. The van der Waals surface area contributed by atoms with Gasteiger partial charge in [-0.1, -0.05) is 28.1 Å². The van der Waals surface area contributed by atoms with Crippen molar-refractivity contribution in [2.75, 3.05) is 0 Å². The van der Waals surface area contributed by atoms with E-state index >= 15 is 0 Å². The Morgan fingerprint density at radius 3 is 2.27 bits per heavy atom. The monoisotopic (exact) mass is 232 g/mol. The van der Waals surface area contributed by atoms with Gasteiger partial charge in [-0.25, -0.2) is 0 Å². The molecule has 58 valence electrons. The maximum absolute atomic E-state index is 8.20. The molecule has 0 heterocycles. The van der Waals surface area contributed by atoms with Gasteiger partial charge < -0.3 is 12.4 Å². The molecule has 2 nitrogen and oxygen atoms in total. The molecule has 0 radical (unpaired) electrons. The Hall–Kier alpha value is -0.590. The van der Waals surface area contributed by atoms with Crippen LogP contribution in [0, 0.1) is 5.39 Å². The zero-order chi connectivity index (χ0) is 7.40. The van der Waals surface area contributed by atoms with Gasteiger partial charge in [-0.2, -0.15) is 0 Å². The van der Waals surface area contributed by atoms with Crippen molar-refractivity contribution >= 4 is 15.9 Å². The molecule has 0 atom stereocenters. The molecule has 0 fully saturated rings. The van der Waals surface area contributed by atoms with Gasteiger partial charge in [0.15, 0.2) is 0 Å². The smallest absolute Gasteiger partial charge is 0.330 e. The van der Waals surface area contributed by atoms with Crippen LogP contribution in [-0.4, -0.2) is 0 Å². The third-order valence-electron chi connectivity index (χ3n) is 1.17. The molecule has 0 aliphatic heterocycles. The SMILES string of the molecule is N#[N+]Cc1ccc(Br)cc1.[Cl-]. The molecule has 11 heavy (non-hydrogen) atoms. The Labute approximate surface area is 79.8 Å². The zero-order valence-electron chi connectivity index (χ0n) is 5.67. The lowest BCUT2D eigenvalue weighted by Crippen LogP contribution is -3.00. The van der Waals surface area contributed by atoms with Crippen LogP contribution in [0.15, 0.2) is 28.7 Å². The van der Waals surface area contributed by atoms with Crippen molar-refractivity contribution in [2.45, 2.75) is 6.54 Å². The van der Waals surface area contributed by atoms with Crippen LogP contribution in [0.2, 0.25) is 0 Å². The molecular weight excluding hydrogens is 227 g/mol. The summed E-state index contributed by atoms with van der Waals surface area (Å²) in [4.78, 5) is 3.02. The van der Waals surface area contributed by atoms with E-state index in [2.05, 4.69) is 20.9 Å². The summed E-state index contributed by atoms with van der Waals surface area (Å²) in [7, 11) is 0. The Bertz CT molecular complexity index is 252. The highest BCUT2D eigenvalue weighted by Gasteiger charge is 1.97. The molecule has 0 bridgehead atoms. The Balaban J connectivity index is 0.000001000. The first-order valence-electron chi connectivity index (χ1n) is 2.88. The van der Waals surface area contributed by atoms with Gasteiger partial charge in [0.2, 0.25) is 5.39 Å². The molecular formula is C7H6BrClN2. The van der Waals surface area contributed by atoms with Crippen LogP contribution < -0.4 is 12.4 Å². The van der Waals surface area contributed by atoms with Crippen LogP contribution in [0.1, 0.15) is 5.56 Å². The van der Waals surface area contributed by atoms with Gasteiger partial charge >= 0.3 is 6.54 Å². The number of rotatable bonds is 1. The second kappa shape index (κ2) is 5.11. The molecule has 0 aliphatic carbocycles. The van der Waals surface area contributed by atoms with Gasteiger partial charge in [0, 0.05) is 10.0 Å². The summed E-state index contributed by atoms with van der Waals surface area (Å²) in [6.45, 7) is 0.368. The van der Waals surface area contributed by atoms with Crippen LogP contribution >= 0.6 is 15.9 Å². The molecule has 1 aromatic rings. The fourth-order valence-electron chi connectivity index (χ4n) is 0.671. The van der Waals surface area contributed by atoms with E-state index in [0.29, 0.717) is 6.54 Å². The van der Waals surface area contributed by atoms with Crippen LogP contribution in [0.25, 0.3) is 4.98 Å². The molecule has 0 saturated carbocycles. The molecule has 0 N–H and O–H groups in total. The number of hydrogen-bond acceptors (Lipinski definition) is 1. The molecule has 0 unspecified atom stereocenters. The van der Waals surface area contributed by atoms with E-state index in [-0.39, 0.29) is 12.4 Å². The lowest BCUT2D eigenvalue weighted by atomic mass is 10.2. The second-order valence-corrected chi connectivity index (χ2v) is 2.84. The summed E-state index contributed by atoms with van der Waals surface area (Å²) in [6.07, 6.45) is 0. The van der Waals surface area contributed by atoms with Crippen LogP contribution in [0.4, 0.5) is 0 Å². The quantitative estimate of drug-likeness (QED) is 0.618. The van der Waals surface area contributed by atoms with Crippen molar-refractivity contribution in [2.24, 2.45) is 0 Å². The first-order valence-corrected chi connectivity index (χ1v) is 3.67. The van der Waals surface area contributed by atoms with Crippen molar-refractivity contribution in [1.29, 1.82) is 5.39 Å². The lowest BCUT2D eigenvalue weighted by Gasteiger charge is -1.87. The third-order valence-corrected chi connectivity index (χ3v) is 1.70. The minimum absolute atomic E-state index is 0. The van der Waals surface area contributed by atoms with Crippen molar-refractivity contribution in [1.82, 2.24) is 0 Å². The van der Waals surface area contributed by atoms with Gasteiger partial charge in [0.05, 0.1) is 0 Å². The topological polar surface area (TPSA) is 28.1 Å². The first kappa shape index (κ1) is 10.4. The summed E-state index contributed by atoms with van der Waals surface area (Å²) < 4.78 is 1.04. The minimum atomic E-state index is 0. The fraction of sp³-hybridized carbons (Fsp3) is 0.143. The summed E-state index contributed by atoms with van der Waals surface area (Å²) in [5, 5.41) is 8.20. The van der Waals surface area contributed by atoms with Crippen LogP contribution in [0.5, 0.6) is 0 Å². The maximum atomic E-state index is 8.20. The normalized spacial score (nSPS) is 8.00. The van der Waals surface area contributed by atoms with Gasteiger partial charge in [0.25, 0.3) is 0 Å². The van der Waals surface area contributed by atoms with E-state index in [4.69, 9.17) is 5.39 Å². The van der Waals surface area contributed by atoms with Crippen LogP contribution in [0.3, 0.4) is 0 Å². The number of hydrogen-bond donors (Lipinski definition) is 0. The molecule has 0 aromatic heterocycles. The van der Waals surface area contributed by atoms with Crippen molar-refractivity contribution in [3.8, 4) is 0 Å². The van der Waals surface area contributed by atoms with Crippen molar-refractivity contribution in [3.63, 3.8) is 0 Å². The molecule has 0 amide bonds. The van der Waals surface area contributed by atoms with Gasteiger partial charge in [0.1, 0.15) is 4.98 Å². The molecule has 0 aliphatic rings. The first-order chi connectivity index (χ1) is 4.83. The van der Waals surface area contributed by atoms with E-state index < -0.39 is 0 Å². The van der Waals surface area contributed by atoms with Crippen molar-refractivity contribution in [3.05, 3.63) is 39.3 Å². The van der Waals surface area contributed by atoms with E-state index in [9.17, 15) is 0 Å². The van der Waals surface area contributed by atoms with Crippen LogP contribution in [-0.2, 0) is 6.54 Å². The molecule has 4 heteroatoms. The minimum Gasteiger partial charge on any atom is -1.00 e. The number of diazo groups is 1. The van der Waals surface area contributed by atoms with Crippen molar-refractivity contribution < 1.29 is 12.4 Å². The number of halogens is 2. The average molecular weight is 233 g/mol. The fourth-order valence-corrected chi connectivity index (χ4v) is 0.936. The second-order valence-electron chi connectivity index (χ2n) is 1.93. The largest absolute Gasteiger partial charge is 1.00 e. The van der Waals surface area contributed by atoms with Gasteiger partial charge in [-0.05, 0) is 12.1 Å². The number of nitrogens with zero attached hydrogens (tertiary/aromatic N) is 2. The van der Waals surface area contributed by atoms with E-state index in [1.165, 1.54) is 0 Å². The molecule has 1 aromatic carbocycles. The maximum Gasteiger partial charge on any atom is 0.330 e. The Morgan fingerprint density at radius 2 is 1.82 bits per heavy atom. The summed E-state index contributed by atoms with van der Waals surface area (Å²) in [5.74, 6) is 0. The number of benzene rings is 1. The highest BCUT2D eigenvalue weighted by molar-refractivity contribution is 9.10. The summed E-state index contributed by atoms with van der Waals surface area (Å²) in [5.41, 5.74) is 1.01. The molecule has 0 saturated heterocycles. The Morgan fingerprint density at radius 1 is 1.27 bits per heavy atom. The van der Waals surface area contributed by atoms with Gasteiger partial charge in [-0.3, -0.25) is 0 Å². The standard InChI is InChI=1S/C7H6BrN2.ClH/c8-7-3-1-6(2-4-7)5-10-9;/h1-4H,5H2;1H/q+1;/p-1. The summed E-state index contributed by atoms with van der Waals surface area (Å²) in [6, 6.07) is 7.65. The predicted molar refractivity (Wildman–Crippen MR) is 42.9 cm³/mol. The summed E-state index contributed by atoms with van der Waals surface area (Å²) >= 11 is 3.30. The predicted octanol–water partition coefficient (Wildman–Crippen LogP) is -0.194. The van der Waals surface area contributed by atoms with Gasteiger partial charge in [-0.15, -0.1) is 0 Å².